The van der Waals surface area contributed by atoms with Crippen LogP contribution >= 0.6 is 34.8 Å². The van der Waals surface area contributed by atoms with Crippen LogP contribution in [0.5, 0.6) is 0 Å². The molecule has 12 heteroatoms. The number of hydrogen-bond acceptors (Lipinski definition) is 5. The zero-order valence-corrected chi connectivity index (χ0v) is 15.7. The van der Waals surface area contributed by atoms with E-state index < -0.39 is 26.9 Å². The topological polar surface area (TPSA) is 139 Å². The number of carbonyl (C=O) groups is 2. The number of nitrogens with two attached hydrogens (primary N) is 1. The van der Waals surface area contributed by atoms with Crippen molar-refractivity contribution in [2.75, 3.05) is 11.1 Å². The van der Waals surface area contributed by atoms with E-state index in [9.17, 15) is 18.0 Å². The first kappa shape index (κ1) is 20.1. The third-order valence-corrected chi connectivity index (χ3v) is 5.22. The monoisotopic (exact) mass is 437 g/mol. The molecule has 0 saturated heterocycles. The first-order chi connectivity index (χ1) is 12.0. The van der Waals surface area contributed by atoms with E-state index >= 15 is 0 Å². The van der Waals surface area contributed by atoms with Crippen LogP contribution in [-0.4, -0.2) is 25.5 Å². The van der Waals surface area contributed by atoms with Gasteiger partial charge in [-0.05, 0) is 30.3 Å². The molecule has 0 aliphatic rings. The molecule has 138 valence electrons. The fourth-order valence-corrected chi connectivity index (χ4v) is 3.60. The molecule has 0 heterocycles. The first-order valence-electron chi connectivity index (χ1n) is 6.62. The van der Waals surface area contributed by atoms with Crippen LogP contribution in [0.4, 0.5) is 16.2 Å². The van der Waals surface area contributed by atoms with Gasteiger partial charge in [0.1, 0.15) is 0 Å². The smallest absolute Gasteiger partial charge is 0.337 e. The number of aromatic carboxylic acids is 1. The van der Waals surface area contributed by atoms with Crippen molar-refractivity contribution in [3.05, 3.63) is 51.0 Å². The summed E-state index contributed by atoms with van der Waals surface area (Å²) in [5, 5.41) is 11.1. The van der Waals surface area contributed by atoms with E-state index in [0.717, 1.165) is 24.3 Å². The maximum Gasteiger partial charge on any atom is 0.337 e. The maximum atomic E-state index is 12.3. The lowest BCUT2D eigenvalue weighted by Crippen LogP contribution is -2.34. The maximum absolute atomic E-state index is 12.3. The lowest BCUT2D eigenvalue weighted by atomic mass is 10.2. The van der Waals surface area contributed by atoms with Crippen molar-refractivity contribution in [2.24, 2.45) is 0 Å². The van der Waals surface area contributed by atoms with Crippen LogP contribution in [-0.2, 0) is 10.0 Å². The van der Waals surface area contributed by atoms with E-state index in [1.165, 1.54) is 6.07 Å². The second-order valence-corrected chi connectivity index (χ2v) is 7.79. The SMILES string of the molecule is Nc1c(Cl)cc(S(=O)(=O)NC(=O)Nc2cc(Cl)ccc2C(=O)O)cc1Cl. The molecule has 2 aromatic carbocycles. The Morgan fingerprint density at radius 3 is 2.15 bits per heavy atom. The molecule has 0 aliphatic heterocycles. The summed E-state index contributed by atoms with van der Waals surface area (Å²) < 4.78 is 26.2. The van der Waals surface area contributed by atoms with Crippen molar-refractivity contribution in [1.29, 1.82) is 0 Å². The van der Waals surface area contributed by atoms with E-state index in [2.05, 4.69) is 5.32 Å². The number of benzene rings is 2. The normalized spacial score (nSPS) is 11.0. The van der Waals surface area contributed by atoms with E-state index in [4.69, 9.17) is 45.6 Å². The Morgan fingerprint density at radius 2 is 1.62 bits per heavy atom. The van der Waals surface area contributed by atoms with E-state index in [1.54, 1.807) is 4.72 Å². The lowest BCUT2D eigenvalue weighted by Gasteiger charge is -2.12. The Kier molecular flexibility index (Phi) is 5.87. The molecule has 2 aromatic rings. The molecule has 2 amide bonds. The number of carboxylic acid groups (broad SMARTS) is 1. The van der Waals surface area contributed by atoms with Crippen LogP contribution in [0, 0.1) is 0 Å². The zero-order valence-electron chi connectivity index (χ0n) is 12.6. The fraction of sp³-hybridized carbons (Fsp3) is 0. The van der Waals surface area contributed by atoms with Crippen molar-refractivity contribution in [1.82, 2.24) is 4.72 Å². The van der Waals surface area contributed by atoms with E-state index in [-0.39, 0.29) is 32.0 Å². The summed E-state index contributed by atoms with van der Waals surface area (Å²) in [6.07, 6.45) is 0. The van der Waals surface area contributed by atoms with Gasteiger partial charge in [-0.3, -0.25) is 0 Å². The minimum absolute atomic E-state index is 0.0123. The summed E-state index contributed by atoms with van der Waals surface area (Å²) in [6, 6.07) is 4.45. The number of nitrogen functional groups attached to an aromatic ring is 1. The molecule has 0 spiro atoms. The molecule has 0 bridgehead atoms. The number of carbonyl (C=O) groups excluding carboxylic acids is 1. The Balaban J connectivity index is 2.28. The van der Waals surface area contributed by atoms with Crippen molar-refractivity contribution in [3.8, 4) is 0 Å². The van der Waals surface area contributed by atoms with Gasteiger partial charge < -0.3 is 16.2 Å². The number of amides is 2. The first-order valence-corrected chi connectivity index (χ1v) is 9.24. The van der Waals surface area contributed by atoms with Gasteiger partial charge in [0, 0.05) is 5.02 Å². The second kappa shape index (κ2) is 7.58. The van der Waals surface area contributed by atoms with Gasteiger partial charge >= 0.3 is 12.0 Å². The van der Waals surface area contributed by atoms with Crippen molar-refractivity contribution in [3.63, 3.8) is 0 Å². The summed E-state index contributed by atoms with van der Waals surface area (Å²) >= 11 is 17.3. The van der Waals surface area contributed by atoms with Gasteiger partial charge in [-0.15, -0.1) is 0 Å². The average molecular weight is 439 g/mol. The van der Waals surface area contributed by atoms with Gasteiger partial charge in [-0.2, -0.15) is 0 Å². The number of urea groups is 1. The molecular weight excluding hydrogens is 429 g/mol. The van der Waals surface area contributed by atoms with Gasteiger partial charge in [0.05, 0.1) is 31.9 Å². The molecule has 2 rings (SSSR count). The number of sulfonamides is 1. The largest absolute Gasteiger partial charge is 0.478 e. The molecule has 0 radical (unpaired) electrons. The van der Waals surface area contributed by atoms with E-state index in [1.807, 2.05) is 0 Å². The van der Waals surface area contributed by atoms with Gasteiger partial charge in [-0.25, -0.2) is 22.7 Å². The molecule has 26 heavy (non-hydrogen) atoms. The number of hydrogen-bond donors (Lipinski definition) is 4. The number of rotatable bonds is 4. The number of carboxylic acids is 1. The highest BCUT2D eigenvalue weighted by Crippen LogP contribution is 2.30. The summed E-state index contributed by atoms with van der Waals surface area (Å²) in [5.74, 6) is -1.34. The quantitative estimate of drug-likeness (QED) is 0.539. The number of halogens is 3. The third kappa shape index (κ3) is 4.50. The van der Waals surface area contributed by atoms with Crippen LogP contribution in [0.25, 0.3) is 0 Å². The van der Waals surface area contributed by atoms with Crippen LogP contribution < -0.4 is 15.8 Å². The van der Waals surface area contributed by atoms with Crippen LogP contribution in [0.3, 0.4) is 0 Å². The number of nitrogens with one attached hydrogen (secondary N) is 2. The molecule has 0 atom stereocenters. The summed E-state index contributed by atoms with van der Waals surface area (Å²) in [7, 11) is -4.35. The molecule has 0 aromatic heterocycles. The average Bonchev–Trinajstić information content (AvgIpc) is 2.51. The standard InChI is InChI=1S/C14H10Cl3N3O5S/c15-6-1-2-8(13(21)22)11(3-6)19-14(23)20-26(24,25)7-4-9(16)12(18)10(17)5-7/h1-5H,18H2,(H,21,22)(H2,19,20,23). The van der Waals surface area contributed by atoms with Gasteiger partial charge in [0.2, 0.25) is 0 Å². The van der Waals surface area contributed by atoms with Crippen LogP contribution in [0.2, 0.25) is 15.1 Å². The molecule has 0 unspecified atom stereocenters. The molecule has 8 nitrogen and oxygen atoms in total. The summed E-state index contributed by atoms with van der Waals surface area (Å²) in [5.41, 5.74) is 5.05. The van der Waals surface area contributed by atoms with Crippen LogP contribution in [0.1, 0.15) is 10.4 Å². The summed E-state index contributed by atoms with van der Waals surface area (Å²) in [4.78, 5) is 22.7. The molecular formula is C14H10Cl3N3O5S. The Labute approximate surface area is 162 Å². The highest BCUT2D eigenvalue weighted by atomic mass is 35.5. The molecule has 0 fully saturated rings. The highest BCUT2D eigenvalue weighted by Gasteiger charge is 2.21. The summed E-state index contributed by atoms with van der Waals surface area (Å²) in [6.45, 7) is 0. The Morgan fingerprint density at radius 1 is 1.04 bits per heavy atom. The van der Waals surface area contributed by atoms with Crippen molar-refractivity contribution in [2.45, 2.75) is 4.90 Å². The van der Waals surface area contributed by atoms with Crippen molar-refractivity contribution >= 4 is 68.2 Å². The van der Waals surface area contributed by atoms with Crippen LogP contribution in [0.15, 0.2) is 35.2 Å². The third-order valence-electron chi connectivity index (χ3n) is 3.05. The lowest BCUT2D eigenvalue weighted by molar-refractivity contribution is 0.0698. The van der Waals surface area contributed by atoms with Gasteiger partial charge in [0.25, 0.3) is 10.0 Å². The number of anilines is 2. The second-order valence-electron chi connectivity index (χ2n) is 4.86. The highest BCUT2D eigenvalue weighted by molar-refractivity contribution is 7.90. The van der Waals surface area contributed by atoms with Crippen molar-refractivity contribution < 1.29 is 23.1 Å². The zero-order chi connectivity index (χ0) is 19.6. The predicted octanol–water partition coefficient (Wildman–Crippen LogP) is 3.44. The fourth-order valence-electron chi connectivity index (χ4n) is 1.85. The predicted molar refractivity (Wildman–Crippen MR) is 98.6 cm³/mol. The van der Waals surface area contributed by atoms with Gasteiger partial charge in [0.15, 0.2) is 0 Å². The molecule has 0 aliphatic carbocycles. The molecule has 5 N–H and O–H groups in total. The molecule has 0 saturated carbocycles. The minimum atomic E-state index is -4.35. The minimum Gasteiger partial charge on any atom is -0.478 e. The Bertz CT molecular complexity index is 988. The van der Waals surface area contributed by atoms with E-state index in [0.29, 0.717) is 0 Å². The van der Waals surface area contributed by atoms with Gasteiger partial charge in [-0.1, -0.05) is 34.8 Å². The Hall–Kier alpha value is -2.20.